The molecule has 2 aliphatic rings. The van der Waals surface area contributed by atoms with Gasteiger partial charge in [0.25, 0.3) is 0 Å². The van der Waals surface area contributed by atoms with Gasteiger partial charge < -0.3 is 10.6 Å². The predicted octanol–water partition coefficient (Wildman–Crippen LogP) is 3.35. The first-order chi connectivity index (χ1) is 13.0. The van der Waals surface area contributed by atoms with Crippen molar-refractivity contribution >= 4 is 17.6 Å². The smallest absolute Gasteiger partial charge is 0.231 e. The summed E-state index contributed by atoms with van der Waals surface area (Å²) < 4.78 is 0. The van der Waals surface area contributed by atoms with Crippen molar-refractivity contribution in [3.63, 3.8) is 0 Å². The summed E-state index contributed by atoms with van der Waals surface area (Å²) in [4.78, 5) is 20.8. The van der Waals surface area contributed by atoms with Crippen molar-refractivity contribution < 1.29 is 4.79 Å². The summed E-state index contributed by atoms with van der Waals surface area (Å²) in [6.07, 6.45) is 2.85. The van der Waals surface area contributed by atoms with Crippen LogP contribution in [0.1, 0.15) is 31.7 Å². The van der Waals surface area contributed by atoms with E-state index in [1.165, 1.54) is 29.0 Å². The molecule has 0 spiro atoms. The predicted molar refractivity (Wildman–Crippen MR) is 110 cm³/mol. The molecule has 0 aliphatic carbocycles. The second-order valence-corrected chi connectivity index (χ2v) is 7.70. The number of carbonyl (C=O) groups excluding carboxylic acids is 1. The van der Waals surface area contributed by atoms with Gasteiger partial charge in [-0.05, 0) is 54.7 Å². The van der Waals surface area contributed by atoms with Gasteiger partial charge >= 0.3 is 0 Å². The molecule has 0 radical (unpaired) electrons. The third kappa shape index (κ3) is 3.29. The number of benzene rings is 2. The number of carbonyl (C=O) groups is 1. The zero-order chi connectivity index (χ0) is 19.0. The summed E-state index contributed by atoms with van der Waals surface area (Å²) in [5.74, 6) is 0.265. The number of nitrogens with two attached hydrogens (primary N) is 1. The minimum absolute atomic E-state index is 0.00793. The Hall–Kier alpha value is -2.82. The van der Waals surface area contributed by atoms with Gasteiger partial charge in [-0.3, -0.25) is 9.69 Å². The molecule has 4 rings (SSSR count). The Morgan fingerprint density at radius 1 is 1.04 bits per heavy atom. The molecule has 1 amide bonds. The van der Waals surface area contributed by atoms with Gasteiger partial charge in [-0.1, -0.05) is 30.3 Å². The SMILES string of the molecule is CN1C(=O)C[C@@](C)(c2cccc(-c3cccc(N4CCCC4)c3)c2)N=C1N. The van der Waals surface area contributed by atoms with Gasteiger partial charge in [0.15, 0.2) is 5.96 Å². The number of anilines is 1. The highest BCUT2D eigenvalue weighted by atomic mass is 16.2. The monoisotopic (exact) mass is 362 g/mol. The topological polar surface area (TPSA) is 61.9 Å². The molecule has 5 heteroatoms. The Kier molecular flexibility index (Phi) is 4.38. The standard InChI is InChI=1S/C22H26N4O/c1-22(15-20(27)25(2)21(23)24-22)18-9-5-7-16(13-18)17-8-6-10-19(14-17)26-11-3-4-12-26/h5-10,13-14H,3-4,11-12,15H2,1-2H3,(H2,23,24)/t22-/m0/s1. The molecule has 1 fully saturated rings. The zero-order valence-corrected chi connectivity index (χ0v) is 16.0. The second-order valence-electron chi connectivity index (χ2n) is 7.70. The lowest BCUT2D eigenvalue weighted by Gasteiger charge is -2.33. The highest BCUT2D eigenvalue weighted by Crippen LogP contribution is 2.35. The van der Waals surface area contributed by atoms with Crippen molar-refractivity contribution in [2.45, 2.75) is 31.7 Å². The van der Waals surface area contributed by atoms with Crippen LogP contribution >= 0.6 is 0 Å². The first-order valence-electron chi connectivity index (χ1n) is 9.54. The lowest BCUT2D eigenvalue weighted by Crippen LogP contribution is -2.47. The summed E-state index contributed by atoms with van der Waals surface area (Å²) in [5.41, 5.74) is 9.94. The number of aliphatic imine (C=N–C) groups is 1. The Labute approximate surface area is 160 Å². The fourth-order valence-corrected chi connectivity index (χ4v) is 3.97. The molecule has 140 valence electrons. The van der Waals surface area contributed by atoms with E-state index < -0.39 is 5.54 Å². The molecule has 5 nitrogen and oxygen atoms in total. The van der Waals surface area contributed by atoms with E-state index >= 15 is 0 Å². The third-order valence-electron chi connectivity index (χ3n) is 5.71. The summed E-state index contributed by atoms with van der Waals surface area (Å²) in [6, 6.07) is 17.0. The Bertz CT molecular complexity index is 901. The summed E-state index contributed by atoms with van der Waals surface area (Å²) in [5, 5.41) is 0. The maximum absolute atomic E-state index is 12.3. The lowest BCUT2D eigenvalue weighted by atomic mass is 9.86. The van der Waals surface area contributed by atoms with Crippen molar-refractivity contribution in [2.75, 3.05) is 25.0 Å². The fourth-order valence-electron chi connectivity index (χ4n) is 3.97. The van der Waals surface area contributed by atoms with Crippen molar-refractivity contribution in [1.29, 1.82) is 0 Å². The first-order valence-corrected chi connectivity index (χ1v) is 9.54. The van der Waals surface area contributed by atoms with Crippen molar-refractivity contribution in [3.05, 3.63) is 54.1 Å². The molecule has 0 unspecified atom stereocenters. The molecule has 1 saturated heterocycles. The summed E-state index contributed by atoms with van der Waals surface area (Å²) in [7, 11) is 1.67. The summed E-state index contributed by atoms with van der Waals surface area (Å²) in [6.45, 7) is 4.24. The van der Waals surface area contributed by atoms with Crippen LogP contribution in [0.15, 0.2) is 53.5 Å². The van der Waals surface area contributed by atoms with E-state index in [-0.39, 0.29) is 11.9 Å². The average molecular weight is 362 g/mol. The molecule has 2 aromatic rings. The minimum atomic E-state index is -0.629. The van der Waals surface area contributed by atoms with Gasteiger partial charge in [-0.2, -0.15) is 0 Å². The van der Waals surface area contributed by atoms with E-state index in [2.05, 4.69) is 46.3 Å². The minimum Gasteiger partial charge on any atom is -0.372 e. The number of guanidine groups is 1. The van der Waals surface area contributed by atoms with Crippen LogP contribution in [0.3, 0.4) is 0 Å². The Balaban J connectivity index is 1.69. The van der Waals surface area contributed by atoms with Crippen LogP contribution in [0, 0.1) is 0 Å². The highest BCUT2D eigenvalue weighted by molar-refractivity contribution is 5.98. The molecule has 2 aromatic carbocycles. The maximum atomic E-state index is 12.3. The van der Waals surface area contributed by atoms with E-state index in [0.29, 0.717) is 6.42 Å². The molecule has 0 aromatic heterocycles. The molecule has 27 heavy (non-hydrogen) atoms. The Morgan fingerprint density at radius 2 is 1.70 bits per heavy atom. The van der Waals surface area contributed by atoms with Crippen LogP contribution in [0.5, 0.6) is 0 Å². The van der Waals surface area contributed by atoms with E-state index in [1.807, 2.05) is 19.1 Å². The van der Waals surface area contributed by atoms with Crippen LogP contribution in [-0.2, 0) is 10.3 Å². The molecule has 2 aliphatic heterocycles. The maximum Gasteiger partial charge on any atom is 0.231 e. The van der Waals surface area contributed by atoms with E-state index in [4.69, 9.17) is 5.73 Å². The van der Waals surface area contributed by atoms with Gasteiger partial charge in [0.1, 0.15) is 0 Å². The third-order valence-corrected chi connectivity index (χ3v) is 5.71. The summed E-state index contributed by atoms with van der Waals surface area (Å²) >= 11 is 0. The Morgan fingerprint density at radius 3 is 2.41 bits per heavy atom. The van der Waals surface area contributed by atoms with Crippen molar-refractivity contribution in [2.24, 2.45) is 10.7 Å². The van der Waals surface area contributed by atoms with Crippen LogP contribution < -0.4 is 10.6 Å². The quantitative estimate of drug-likeness (QED) is 0.911. The van der Waals surface area contributed by atoms with Gasteiger partial charge in [0.05, 0.1) is 12.0 Å². The van der Waals surface area contributed by atoms with Crippen LogP contribution in [0.2, 0.25) is 0 Å². The molecular formula is C22H26N4O. The van der Waals surface area contributed by atoms with E-state index in [1.54, 1.807) is 7.05 Å². The molecular weight excluding hydrogens is 336 g/mol. The average Bonchev–Trinajstić information content (AvgIpc) is 3.21. The van der Waals surface area contributed by atoms with Crippen LogP contribution in [-0.4, -0.2) is 36.9 Å². The van der Waals surface area contributed by atoms with Gasteiger partial charge in [0, 0.05) is 25.8 Å². The molecule has 0 bridgehead atoms. The van der Waals surface area contributed by atoms with Crippen LogP contribution in [0.4, 0.5) is 5.69 Å². The molecule has 1 atom stereocenters. The van der Waals surface area contributed by atoms with Crippen molar-refractivity contribution in [1.82, 2.24) is 4.90 Å². The second kappa shape index (κ2) is 6.72. The largest absolute Gasteiger partial charge is 0.372 e. The number of nitrogens with zero attached hydrogens (tertiary/aromatic N) is 3. The van der Waals surface area contributed by atoms with E-state index in [0.717, 1.165) is 24.2 Å². The fraction of sp³-hybridized carbons (Fsp3) is 0.364. The van der Waals surface area contributed by atoms with Gasteiger partial charge in [-0.15, -0.1) is 0 Å². The zero-order valence-electron chi connectivity index (χ0n) is 16.0. The number of amides is 1. The molecule has 0 saturated carbocycles. The first kappa shape index (κ1) is 17.6. The number of rotatable bonds is 3. The number of hydrogen-bond acceptors (Lipinski definition) is 4. The number of hydrogen-bond donors (Lipinski definition) is 1. The van der Waals surface area contributed by atoms with E-state index in [9.17, 15) is 4.79 Å². The highest BCUT2D eigenvalue weighted by Gasteiger charge is 2.36. The van der Waals surface area contributed by atoms with Gasteiger partial charge in [-0.25, -0.2) is 4.99 Å². The normalized spacial score (nSPS) is 22.9. The van der Waals surface area contributed by atoms with Gasteiger partial charge in [0.2, 0.25) is 5.91 Å². The molecule has 2 N–H and O–H groups in total. The lowest BCUT2D eigenvalue weighted by molar-refractivity contribution is -0.128. The molecule has 2 heterocycles. The van der Waals surface area contributed by atoms with Crippen LogP contribution in [0.25, 0.3) is 11.1 Å². The van der Waals surface area contributed by atoms with Crippen molar-refractivity contribution in [3.8, 4) is 11.1 Å².